The predicted octanol–water partition coefficient (Wildman–Crippen LogP) is 3.52. The van der Waals surface area contributed by atoms with Gasteiger partial charge in [-0.05, 0) is 36.8 Å². The van der Waals surface area contributed by atoms with Crippen LogP contribution in [0.4, 0.5) is 17.6 Å². The first-order chi connectivity index (χ1) is 17.5. The number of halogens is 4. The van der Waals surface area contributed by atoms with Gasteiger partial charge in [0.25, 0.3) is 10.0 Å². The molecule has 0 aliphatic carbocycles. The van der Waals surface area contributed by atoms with E-state index in [2.05, 4.69) is 20.3 Å². The van der Waals surface area contributed by atoms with Gasteiger partial charge in [-0.3, -0.25) is 14.8 Å². The van der Waals surface area contributed by atoms with Gasteiger partial charge in [0.1, 0.15) is 17.4 Å². The molecule has 1 fully saturated rings. The number of carbonyl (C=O) groups is 1. The maximum Gasteiger partial charge on any atom is 0.434 e. The molecular weight excluding hydrogens is 518 g/mol. The van der Waals surface area contributed by atoms with E-state index in [0.29, 0.717) is 17.5 Å². The van der Waals surface area contributed by atoms with Crippen LogP contribution in [0.5, 0.6) is 0 Å². The molecule has 1 aliphatic heterocycles. The van der Waals surface area contributed by atoms with Gasteiger partial charge in [0.15, 0.2) is 5.69 Å². The average Bonchev–Trinajstić information content (AvgIpc) is 3.26. The fourth-order valence-corrected chi connectivity index (χ4v) is 5.38. The number of amides is 1. The number of aromatic nitrogens is 3. The van der Waals surface area contributed by atoms with Gasteiger partial charge in [0, 0.05) is 29.8 Å². The van der Waals surface area contributed by atoms with Crippen molar-refractivity contribution in [3.63, 3.8) is 0 Å². The minimum Gasteiger partial charge on any atom is -0.443 e. The molecule has 9 nitrogen and oxygen atoms in total. The lowest BCUT2D eigenvalue weighted by Gasteiger charge is -2.37. The van der Waals surface area contributed by atoms with Gasteiger partial charge in [0.2, 0.25) is 11.0 Å². The van der Waals surface area contributed by atoms with Crippen molar-refractivity contribution in [2.75, 3.05) is 6.54 Å². The standard InChI is InChI=1S/C23H17F4N5O4S/c24-15-1-2-19-14(7-15)9-21(36-19)37(34,35)32-6-4-18(32)22(33)31-10-16-8-13(3-5-28-16)17-11-30-20(12-29-17)23(25,26)27/h1-3,5,7-9,11-12,18H,4,6,10H2,(H,31,33)/t18-/m0/s1. The maximum absolute atomic E-state index is 13.4. The second-order valence-electron chi connectivity index (χ2n) is 8.21. The fourth-order valence-electron chi connectivity index (χ4n) is 3.80. The monoisotopic (exact) mass is 535 g/mol. The van der Waals surface area contributed by atoms with Crippen LogP contribution in [-0.4, -0.2) is 46.2 Å². The van der Waals surface area contributed by atoms with E-state index in [1.54, 1.807) is 0 Å². The zero-order valence-electron chi connectivity index (χ0n) is 18.7. The smallest absolute Gasteiger partial charge is 0.434 e. The second kappa shape index (κ2) is 9.19. The number of nitrogens with one attached hydrogen (secondary N) is 1. The van der Waals surface area contributed by atoms with Crippen molar-refractivity contribution in [2.24, 2.45) is 0 Å². The van der Waals surface area contributed by atoms with Gasteiger partial charge in [-0.2, -0.15) is 17.5 Å². The normalized spacial score (nSPS) is 16.5. The van der Waals surface area contributed by atoms with E-state index in [1.165, 1.54) is 30.5 Å². The van der Waals surface area contributed by atoms with Gasteiger partial charge in [-0.25, -0.2) is 17.8 Å². The number of fused-ring (bicyclic) bond motifs is 1. The number of carbonyl (C=O) groups excluding carboxylic acids is 1. The minimum absolute atomic E-state index is 0.0605. The van der Waals surface area contributed by atoms with Gasteiger partial charge >= 0.3 is 6.18 Å². The largest absolute Gasteiger partial charge is 0.443 e. The average molecular weight is 535 g/mol. The van der Waals surface area contributed by atoms with Crippen LogP contribution >= 0.6 is 0 Å². The molecule has 5 rings (SSSR count). The summed E-state index contributed by atoms with van der Waals surface area (Å²) >= 11 is 0. The van der Waals surface area contributed by atoms with Crippen LogP contribution in [0.15, 0.2) is 64.5 Å². The van der Waals surface area contributed by atoms with E-state index < -0.39 is 44.8 Å². The number of hydrogen-bond donors (Lipinski definition) is 1. The molecule has 0 radical (unpaired) electrons. The highest BCUT2D eigenvalue weighted by Gasteiger charge is 2.44. The molecule has 192 valence electrons. The van der Waals surface area contributed by atoms with Crippen molar-refractivity contribution in [1.29, 1.82) is 0 Å². The van der Waals surface area contributed by atoms with E-state index in [0.717, 1.165) is 22.6 Å². The first-order valence-corrected chi connectivity index (χ1v) is 12.3. The molecule has 0 unspecified atom stereocenters. The van der Waals surface area contributed by atoms with Crippen LogP contribution in [0.25, 0.3) is 22.2 Å². The van der Waals surface area contributed by atoms with E-state index in [4.69, 9.17) is 4.42 Å². The van der Waals surface area contributed by atoms with Crippen LogP contribution in [-0.2, 0) is 27.5 Å². The molecular formula is C23H17F4N5O4S. The van der Waals surface area contributed by atoms with Crippen molar-refractivity contribution in [1.82, 2.24) is 24.6 Å². The summed E-state index contributed by atoms with van der Waals surface area (Å²) in [5.41, 5.74) is 0.0815. The van der Waals surface area contributed by atoms with Crippen LogP contribution < -0.4 is 5.32 Å². The second-order valence-corrected chi connectivity index (χ2v) is 10.0. The molecule has 4 heterocycles. The number of furan rings is 1. The molecule has 1 saturated heterocycles. The van der Waals surface area contributed by atoms with Crippen molar-refractivity contribution >= 4 is 26.9 Å². The number of rotatable bonds is 6. The summed E-state index contributed by atoms with van der Waals surface area (Å²) in [6, 6.07) is 6.91. The highest BCUT2D eigenvalue weighted by atomic mass is 32.2. The molecule has 1 N–H and O–H groups in total. The Morgan fingerprint density at radius 1 is 1.11 bits per heavy atom. The Labute approximate surface area is 207 Å². The Kier molecular flexibility index (Phi) is 6.15. The summed E-state index contributed by atoms with van der Waals surface area (Å²) in [7, 11) is -4.14. The van der Waals surface area contributed by atoms with Gasteiger partial charge in [-0.1, -0.05) is 0 Å². The van der Waals surface area contributed by atoms with Crippen LogP contribution in [0, 0.1) is 5.82 Å². The molecule has 37 heavy (non-hydrogen) atoms. The lowest BCUT2D eigenvalue weighted by Crippen LogP contribution is -2.57. The molecule has 1 amide bonds. The fraction of sp³-hybridized carbons (Fsp3) is 0.217. The first kappa shape index (κ1) is 24.8. The number of nitrogens with zero attached hydrogens (tertiary/aromatic N) is 4. The summed E-state index contributed by atoms with van der Waals surface area (Å²) < 4.78 is 84.0. The highest BCUT2D eigenvalue weighted by molar-refractivity contribution is 7.89. The molecule has 1 aromatic carbocycles. The molecule has 14 heteroatoms. The Morgan fingerprint density at radius 2 is 1.92 bits per heavy atom. The lowest BCUT2D eigenvalue weighted by atomic mass is 10.1. The van der Waals surface area contributed by atoms with E-state index >= 15 is 0 Å². The molecule has 0 spiro atoms. The zero-order chi connectivity index (χ0) is 26.4. The third kappa shape index (κ3) is 4.89. The van der Waals surface area contributed by atoms with Crippen LogP contribution in [0.2, 0.25) is 0 Å². The predicted molar refractivity (Wildman–Crippen MR) is 121 cm³/mol. The Balaban J connectivity index is 1.25. The van der Waals surface area contributed by atoms with E-state index in [9.17, 15) is 30.8 Å². The summed E-state index contributed by atoms with van der Waals surface area (Å²) in [5.74, 6) is -1.10. The number of pyridine rings is 1. The first-order valence-electron chi connectivity index (χ1n) is 10.9. The van der Waals surface area contributed by atoms with E-state index in [1.807, 2.05) is 0 Å². The Bertz CT molecular complexity index is 1590. The number of benzene rings is 1. The Morgan fingerprint density at radius 3 is 2.59 bits per heavy atom. The maximum atomic E-state index is 13.4. The molecule has 3 aromatic heterocycles. The van der Waals surface area contributed by atoms with Gasteiger partial charge < -0.3 is 9.73 Å². The number of alkyl halides is 3. The SMILES string of the molecule is O=C(NCc1cc(-c2cnc(C(F)(F)F)cn2)ccn1)[C@@H]1CCN1S(=O)(=O)c1cc2cc(F)ccc2o1. The summed E-state index contributed by atoms with van der Waals surface area (Å²) in [6.45, 7) is 0.0428. The van der Waals surface area contributed by atoms with Crippen molar-refractivity contribution in [3.05, 3.63) is 72.2 Å². The zero-order valence-corrected chi connectivity index (χ0v) is 19.6. The summed E-state index contributed by atoms with van der Waals surface area (Å²) in [4.78, 5) is 24.0. The molecule has 0 bridgehead atoms. The van der Waals surface area contributed by atoms with Crippen LogP contribution in [0.3, 0.4) is 0 Å². The quantitative estimate of drug-likeness (QED) is 0.376. The molecule has 4 aromatic rings. The van der Waals surface area contributed by atoms with E-state index in [-0.39, 0.29) is 36.2 Å². The van der Waals surface area contributed by atoms with Crippen molar-refractivity contribution < 1.29 is 35.2 Å². The minimum atomic E-state index is -4.61. The summed E-state index contributed by atoms with van der Waals surface area (Å²) in [5, 5.41) is 2.51. The number of sulfonamides is 1. The molecule has 0 saturated carbocycles. The third-order valence-corrected chi connectivity index (χ3v) is 7.55. The Hall–Kier alpha value is -3.91. The highest BCUT2D eigenvalue weighted by Crippen LogP contribution is 2.31. The third-order valence-electron chi connectivity index (χ3n) is 5.79. The van der Waals surface area contributed by atoms with Gasteiger partial charge in [-0.15, -0.1) is 0 Å². The van der Waals surface area contributed by atoms with Crippen molar-refractivity contribution in [3.8, 4) is 11.3 Å². The van der Waals surface area contributed by atoms with Gasteiger partial charge in [0.05, 0.1) is 30.3 Å². The topological polar surface area (TPSA) is 118 Å². The lowest BCUT2D eigenvalue weighted by molar-refractivity contribution is -0.141. The molecule has 1 aliphatic rings. The molecule has 1 atom stereocenters. The number of hydrogen-bond acceptors (Lipinski definition) is 7. The summed E-state index contributed by atoms with van der Waals surface area (Å²) in [6.07, 6.45) is -1.30. The van der Waals surface area contributed by atoms with Crippen LogP contribution in [0.1, 0.15) is 17.8 Å². The van der Waals surface area contributed by atoms with Crippen molar-refractivity contribution in [2.45, 2.75) is 30.3 Å².